The highest BCUT2D eigenvalue weighted by Crippen LogP contribution is 2.68. The second kappa shape index (κ2) is 6.19. The molecule has 0 saturated heterocycles. The summed E-state index contributed by atoms with van der Waals surface area (Å²) in [7, 11) is 0. The molecule has 0 aromatic heterocycles. The lowest BCUT2D eigenvalue weighted by atomic mass is 9.43. The van der Waals surface area contributed by atoms with Crippen molar-refractivity contribution in [2.45, 2.75) is 84.2 Å². The van der Waals surface area contributed by atoms with E-state index in [1.165, 1.54) is 45.4 Å². The summed E-state index contributed by atoms with van der Waals surface area (Å²) in [6, 6.07) is 0. The fourth-order valence-corrected chi connectivity index (χ4v) is 8.68. The van der Waals surface area contributed by atoms with Crippen molar-refractivity contribution in [2.75, 3.05) is 0 Å². The van der Waals surface area contributed by atoms with Gasteiger partial charge in [0.25, 0.3) is 0 Å². The molecule has 1 spiro atoms. The number of allylic oxidation sites excluding steroid dienone is 2. The van der Waals surface area contributed by atoms with Crippen molar-refractivity contribution in [1.82, 2.24) is 0 Å². The smallest absolute Gasteiger partial charge is 0.302 e. The third-order valence-corrected chi connectivity index (χ3v) is 9.78. The van der Waals surface area contributed by atoms with Gasteiger partial charge in [0.2, 0.25) is 0 Å². The van der Waals surface area contributed by atoms with Crippen molar-refractivity contribution >= 4 is 11.8 Å². The van der Waals surface area contributed by atoms with Crippen LogP contribution in [0.2, 0.25) is 0 Å². The highest BCUT2D eigenvalue weighted by Gasteiger charge is 2.64. The Morgan fingerprint density at radius 1 is 1.04 bits per heavy atom. The molecule has 148 valence electrons. The summed E-state index contributed by atoms with van der Waals surface area (Å²) in [5, 5.41) is 0. The number of esters is 1. The molecule has 4 saturated carbocycles. The van der Waals surface area contributed by atoms with Gasteiger partial charge in [-0.05, 0) is 105 Å². The van der Waals surface area contributed by atoms with Crippen molar-refractivity contribution in [3.63, 3.8) is 0 Å². The maximum absolute atomic E-state index is 13.1. The van der Waals surface area contributed by atoms with Gasteiger partial charge in [0.05, 0.1) is 0 Å². The molecule has 4 fully saturated rings. The lowest BCUT2D eigenvalue weighted by molar-refractivity contribution is -0.163. The Balaban J connectivity index is 1.40. The first-order chi connectivity index (χ1) is 12.9. The molecule has 0 aliphatic heterocycles. The van der Waals surface area contributed by atoms with Crippen molar-refractivity contribution in [1.29, 1.82) is 0 Å². The van der Waals surface area contributed by atoms with Crippen LogP contribution in [0.25, 0.3) is 0 Å². The van der Waals surface area contributed by atoms with Crippen LogP contribution in [0.4, 0.5) is 0 Å². The van der Waals surface area contributed by atoms with Crippen LogP contribution in [0.3, 0.4) is 0 Å². The SMILES string of the molecule is CC(=O)O[C@@H]1CC[C@@]2(C)[C@@H](CC[C@@H]3[C@@H]2CC[C@]24C(=O)C=CC[C@H]2CC[C@@H]34)C1. The summed E-state index contributed by atoms with van der Waals surface area (Å²) in [5.74, 6) is 3.77. The van der Waals surface area contributed by atoms with Crippen LogP contribution in [-0.4, -0.2) is 17.9 Å². The van der Waals surface area contributed by atoms with E-state index in [2.05, 4.69) is 13.0 Å². The first-order valence-corrected chi connectivity index (χ1v) is 11.3. The van der Waals surface area contributed by atoms with Gasteiger partial charge < -0.3 is 4.74 Å². The van der Waals surface area contributed by atoms with E-state index in [1.54, 1.807) is 0 Å². The number of hydrogen-bond donors (Lipinski definition) is 0. The van der Waals surface area contributed by atoms with E-state index in [0.29, 0.717) is 29.0 Å². The Morgan fingerprint density at radius 2 is 1.85 bits per heavy atom. The molecule has 5 aliphatic carbocycles. The Kier molecular flexibility index (Phi) is 4.11. The lowest BCUT2D eigenvalue weighted by Gasteiger charge is -2.61. The Morgan fingerprint density at radius 3 is 2.67 bits per heavy atom. The number of rotatable bonds is 1. The molecular formula is C24H34O3. The van der Waals surface area contributed by atoms with E-state index in [4.69, 9.17) is 4.74 Å². The maximum Gasteiger partial charge on any atom is 0.302 e. The number of hydrogen-bond acceptors (Lipinski definition) is 3. The third kappa shape index (κ3) is 2.45. The standard InChI is InChI=1S/C24H34O3/c1-15(25)27-18-10-12-23(2)17(14-18)6-8-19-20(23)11-13-24-16(7-9-21(19)24)4-3-5-22(24)26/h3,5,16-21H,4,6-14H2,1-2H3/t16-,17-,18+,19+,20-,21-,23-,24-/m0/s1. The van der Waals surface area contributed by atoms with Gasteiger partial charge in [0.1, 0.15) is 6.10 Å². The van der Waals surface area contributed by atoms with Crippen molar-refractivity contribution in [3.8, 4) is 0 Å². The molecule has 5 aliphatic rings. The van der Waals surface area contributed by atoms with E-state index in [-0.39, 0.29) is 17.5 Å². The molecular weight excluding hydrogens is 336 g/mol. The number of ketones is 1. The number of carbonyl (C=O) groups is 2. The molecule has 27 heavy (non-hydrogen) atoms. The second-order valence-electron chi connectivity index (χ2n) is 10.5. The average Bonchev–Trinajstić information content (AvgIpc) is 3.03. The van der Waals surface area contributed by atoms with Gasteiger partial charge in [-0.3, -0.25) is 9.59 Å². The van der Waals surface area contributed by atoms with E-state index in [0.717, 1.165) is 37.5 Å². The molecule has 8 atom stereocenters. The molecule has 5 rings (SSSR count). The van der Waals surface area contributed by atoms with E-state index in [1.807, 2.05) is 6.08 Å². The highest BCUT2D eigenvalue weighted by molar-refractivity contribution is 5.96. The van der Waals surface area contributed by atoms with Gasteiger partial charge in [0, 0.05) is 12.3 Å². The summed E-state index contributed by atoms with van der Waals surface area (Å²) in [6.45, 7) is 4.07. The molecule has 0 aromatic rings. The minimum absolute atomic E-state index is 0.00590. The molecule has 3 heteroatoms. The molecule has 0 bridgehead atoms. The fraction of sp³-hybridized carbons (Fsp3) is 0.833. The molecule has 0 amide bonds. The zero-order valence-corrected chi connectivity index (χ0v) is 16.9. The van der Waals surface area contributed by atoms with Crippen LogP contribution in [0.5, 0.6) is 0 Å². The second-order valence-corrected chi connectivity index (χ2v) is 10.5. The topological polar surface area (TPSA) is 43.4 Å². The first kappa shape index (κ1) is 17.9. The number of ether oxygens (including phenoxy) is 1. The van der Waals surface area contributed by atoms with E-state index >= 15 is 0 Å². The summed E-state index contributed by atoms with van der Waals surface area (Å²) >= 11 is 0. The van der Waals surface area contributed by atoms with Gasteiger partial charge >= 0.3 is 5.97 Å². The monoisotopic (exact) mass is 370 g/mol. The molecule has 0 aromatic carbocycles. The van der Waals surface area contributed by atoms with Gasteiger partial charge in [-0.25, -0.2) is 0 Å². The first-order valence-electron chi connectivity index (χ1n) is 11.3. The van der Waals surface area contributed by atoms with Crippen LogP contribution >= 0.6 is 0 Å². The fourth-order valence-electron chi connectivity index (χ4n) is 8.68. The maximum atomic E-state index is 13.1. The van der Waals surface area contributed by atoms with Crippen LogP contribution in [-0.2, 0) is 14.3 Å². The Hall–Kier alpha value is -1.12. The van der Waals surface area contributed by atoms with E-state index < -0.39 is 0 Å². The minimum Gasteiger partial charge on any atom is -0.463 e. The number of carbonyl (C=O) groups excluding carboxylic acids is 2. The minimum atomic E-state index is -0.127. The summed E-state index contributed by atoms with van der Waals surface area (Å²) in [4.78, 5) is 24.5. The number of fused-ring (bicyclic) bond motifs is 4. The van der Waals surface area contributed by atoms with Crippen molar-refractivity contribution in [3.05, 3.63) is 12.2 Å². The van der Waals surface area contributed by atoms with Gasteiger partial charge in [-0.1, -0.05) is 13.0 Å². The molecule has 0 unspecified atom stereocenters. The van der Waals surface area contributed by atoms with Gasteiger partial charge in [-0.15, -0.1) is 0 Å². The van der Waals surface area contributed by atoms with Gasteiger partial charge in [-0.2, -0.15) is 0 Å². The van der Waals surface area contributed by atoms with Gasteiger partial charge in [0.15, 0.2) is 5.78 Å². The van der Waals surface area contributed by atoms with Crippen molar-refractivity contribution in [2.24, 2.45) is 40.4 Å². The molecule has 0 radical (unpaired) electrons. The molecule has 0 N–H and O–H groups in total. The summed E-state index contributed by atoms with van der Waals surface area (Å²) in [6.07, 6.45) is 16.0. The Bertz CT molecular complexity index is 681. The highest BCUT2D eigenvalue weighted by atomic mass is 16.5. The van der Waals surface area contributed by atoms with E-state index in [9.17, 15) is 9.59 Å². The van der Waals surface area contributed by atoms with Crippen LogP contribution in [0.15, 0.2) is 12.2 Å². The predicted octanol–water partition coefficient (Wildman–Crippen LogP) is 5.09. The average molecular weight is 371 g/mol. The third-order valence-electron chi connectivity index (χ3n) is 9.78. The van der Waals surface area contributed by atoms with Crippen molar-refractivity contribution < 1.29 is 14.3 Å². The lowest BCUT2D eigenvalue weighted by Crippen LogP contribution is -2.56. The van der Waals surface area contributed by atoms with Crippen LogP contribution in [0, 0.1) is 40.4 Å². The molecule has 3 nitrogen and oxygen atoms in total. The zero-order chi connectivity index (χ0) is 18.8. The predicted molar refractivity (Wildman–Crippen MR) is 104 cm³/mol. The largest absolute Gasteiger partial charge is 0.463 e. The zero-order valence-electron chi connectivity index (χ0n) is 16.9. The molecule has 0 heterocycles. The quantitative estimate of drug-likeness (QED) is 0.604. The van der Waals surface area contributed by atoms with Crippen LogP contribution < -0.4 is 0 Å². The Labute approximate surface area is 163 Å². The normalized spacial score (nSPS) is 51.0. The summed E-state index contributed by atoms with van der Waals surface area (Å²) < 4.78 is 5.58. The summed E-state index contributed by atoms with van der Waals surface area (Å²) in [5.41, 5.74) is 0.376. The van der Waals surface area contributed by atoms with Crippen LogP contribution in [0.1, 0.15) is 78.1 Å².